The number of ether oxygens (including phenoxy) is 2. The largest absolute Gasteiger partial charge is 0.460 e. The Morgan fingerprint density at radius 1 is 1.06 bits per heavy atom. The molecule has 166 valence electrons. The Balaban J connectivity index is 1.09. The molecule has 3 aromatic rings. The Labute approximate surface area is 190 Å². The Morgan fingerprint density at radius 2 is 1.88 bits per heavy atom. The molecule has 9 nitrogen and oxygen atoms in total. The van der Waals surface area contributed by atoms with Gasteiger partial charge in [0.25, 0.3) is 0 Å². The van der Waals surface area contributed by atoms with Crippen LogP contribution in [0.5, 0.6) is 6.01 Å². The van der Waals surface area contributed by atoms with E-state index in [4.69, 9.17) is 9.47 Å². The van der Waals surface area contributed by atoms with E-state index >= 15 is 0 Å². The molecule has 0 amide bonds. The van der Waals surface area contributed by atoms with Gasteiger partial charge in [0, 0.05) is 49.2 Å². The molecule has 0 atom stereocenters. The van der Waals surface area contributed by atoms with Crippen LogP contribution in [0.15, 0.2) is 30.9 Å². The molecule has 6 rings (SSSR count). The highest BCUT2D eigenvalue weighted by molar-refractivity contribution is 7.18. The van der Waals surface area contributed by atoms with Crippen LogP contribution in [0, 0.1) is 5.41 Å². The number of hydrogen-bond acceptors (Lipinski definition) is 10. The van der Waals surface area contributed by atoms with Crippen LogP contribution in [0.2, 0.25) is 0 Å². The highest BCUT2D eigenvalue weighted by Gasteiger charge is 2.42. The lowest BCUT2D eigenvalue weighted by molar-refractivity contribution is -0.140. The number of nitrogens with zero attached hydrogens (tertiary/aromatic N) is 5. The zero-order chi connectivity index (χ0) is 21.4. The van der Waals surface area contributed by atoms with E-state index in [-0.39, 0.29) is 6.10 Å². The third-order valence-electron chi connectivity index (χ3n) is 6.62. The number of aromatic nitrogens is 5. The first kappa shape index (κ1) is 20.0. The molecule has 32 heavy (non-hydrogen) atoms. The summed E-state index contributed by atoms with van der Waals surface area (Å²) in [5, 5.41) is 7.17. The van der Waals surface area contributed by atoms with Crippen molar-refractivity contribution in [3.8, 4) is 16.6 Å². The molecule has 2 aliphatic heterocycles. The lowest BCUT2D eigenvalue weighted by atomic mass is 9.72. The number of rotatable bonds is 6. The van der Waals surface area contributed by atoms with Gasteiger partial charge in [-0.05, 0) is 37.3 Å². The Kier molecular flexibility index (Phi) is 5.20. The van der Waals surface area contributed by atoms with Gasteiger partial charge in [0.15, 0.2) is 5.13 Å². The van der Waals surface area contributed by atoms with Gasteiger partial charge in [-0.25, -0.2) is 19.9 Å². The first-order chi connectivity index (χ1) is 15.7. The van der Waals surface area contributed by atoms with Gasteiger partial charge in [-0.15, -0.1) is 0 Å². The maximum Gasteiger partial charge on any atom is 0.317 e. The van der Waals surface area contributed by atoms with Gasteiger partial charge < -0.3 is 20.1 Å². The molecule has 2 saturated heterocycles. The molecule has 3 fully saturated rings. The van der Waals surface area contributed by atoms with E-state index in [1.165, 1.54) is 11.3 Å². The Bertz CT molecular complexity index is 1070. The fraction of sp³-hybridized carbons (Fsp3) is 0.500. The number of nitrogens with one attached hydrogen (secondary N) is 2. The van der Waals surface area contributed by atoms with Crippen molar-refractivity contribution < 1.29 is 9.47 Å². The van der Waals surface area contributed by atoms with Crippen LogP contribution in [0.3, 0.4) is 0 Å². The van der Waals surface area contributed by atoms with Gasteiger partial charge in [0.05, 0.1) is 23.8 Å². The molecule has 10 heteroatoms. The summed E-state index contributed by atoms with van der Waals surface area (Å²) in [5.74, 6) is 1.06. The van der Waals surface area contributed by atoms with Crippen LogP contribution in [0.1, 0.15) is 37.2 Å². The summed E-state index contributed by atoms with van der Waals surface area (Å²) in [7, 11) is 0. The second-order valence-corrected chi connectivity index (χ2v) is 9.91. The highest BCUT2D eigenvalue weighted by Crippen LogP contribution is 2.43. The number of thiazole rings is 1. The van der Waals surface area contributed by atoms with Gasteiger partial charge >= 0.3 is 6.01 Å². The summed E-state index contributed by atoms with van der Waals surface area (Å²) in [6.07, 6.45) is 11.8. The summed E-state index contributed by atoms with van der Waals surface area (Å²) >= 11 is 1.50. The van der Waals surface area contributed by atoms with Crippen molar-refractivity contribution >= 4 is 22.4 Å². The molecule has 0 bridgehead atoms. The minimum absolute atomic E-state index is 0.172. The van der Waals surface area contributed by atoms with Crippen LogP contribution in [-0.4, -0.2) is 57.3 Å². The first-order valence-electron chi connectivity index (χ1n) is 11.1. The summed E-state index contributed by atoms with van der Waals surface area (Å²) < 4.78 is 11.5. The van der Waals surface area contributed by atoms with E-state index in [9.17, 15) is 0 Å². The van der Waals surface area contributed by atoms with Crippen LogP contribution in [-0.2, 0) is 4.74 Å². The summed E-state index contributed by atoms with van der Waals surface area (Å²) in [4.78, 5) is 23.2. The summed E-state index contributed by atoms with van der Waals surface area (Å²) in [6, 6.07) is 2.31. The molecule has 0 aromatic carbocycles. The van der Waals surface area contributed by atoms with Crippen molar-refractivity contribution in [2.24, 2.45) is 5.41 Å². The quantitative estimate of drug-likeness (QED) is 0.584. The molecule has 0 unspecified atom stereocenters. The average molecular weight is 452 g/mol. The van der Waals surface area contributed by atoms with Gasteiger partial charge in [-0.1, -0.05) is 11.3 Å². The molecule has 3 aliphatic rings. The van der Waals surface area contributed by atoms with Crippen LogP contribution < -0.4 is 15.4 Å². The van der Waals surface area contributed by atoms with Gasteiger partial charge in [-0.3, -0.25) is 0 Å². The minimum atomic E-state index is 0.172. The summed E-state index contributed by atoms with van der Waals surface area (Å²) in [6.45, 7) is 3.79. The van der Waals surface area contributed by atoms with E-state index in [0.717, 1.165) is 73.3 Å². The van der Waals surface area contributed by atoms with Crippen LogP contribution in [0.25, 0.3) is 10.6 Å². The predicted octanol–water partition coefficient (Wildman–Crippen LogP) is 3.16. The SMILES string of the molecule is c1cc(-c2cnc(Nc3ncc(C4CNC4)cn3)s2)nc(OC2CCC3(CC2)COC3)n1. The maximum absolute atomic E-state index is 6.11. The molecule has 3 aromatic heterocycles. The predicted molar refractivity (Wildman–Crippen MR) is 120 cm³/mol. The monoisotopic (exact) mass is 451 g/mol. The highest BCUT2D eigenvalue weighted by atomic mass is 32.1. The zero-order valence-electron chi connectivity index (χ0n) is 17.7. The van der Waals surface area contributed by atoms with Crippen LogP contribution >= 0.6 is 11.3 Å². The third kappa shape index (κ3) is 4.05. The fourth-order valence-electron chi connectivity index (χ4n) is 4.37. The van der Waals surface area contributed by atoms with E-state index in [1.54, 1.807) is 12.4 Å². The van der Waals surface area contributed by atoms with E-state index in [2.05, 4.69) is 35.6 Å². The normalized spacial score (nSPS) is 20.5. The lowest BCUT2D eigenvalue weighted by Crippen LogP contribution is -2.46. The Hall–Kier alpha value is -2.69. The van der Waals surface area contributed by atoms with Crippen molar-refractivity contribution in [1.29, 1.82) is 0 Å². The number of hydrogen-bond donors (Lipinski definition) is 2. The standard InChI is InChI=1S/C22H25N7O2S/c1-4-22(12-30-13-22)5-2-16(1)31-20-24-6-3-17(28-20)18-11-27-21(32-18)29-19-25-9-15(10-26-19)14-7-23-8-14/h3,6,9-11,14,16,23H,1-2,4-5,7-8,12-13H2,(H,25,26,27,29). The third-order valence-corrected chi connectivity index (χ3v) is 7.55. The minimum Gasteiger partial charge on any atom is -0.460 e. The van der Waals surface area contributed by atoms with Crippen molar-refractivity contribution in [1.82, 2.24) is 30.2 Å². The van der Waals surface area contributed by atoms with Gasteiger partial charge in [0.2, 0.25) is 5.95 Å². The second kappa shape index (κ2) is 8.34. The van der Waals surface area contributed by atoms with Crippen LogP contribution in [0.4, 0.5) is 11.1 Å². The molecule has 2 N–H and O–H groups in total. The number of anilines is 2. The lowest BCUT2D eigenvalue weighted by Gasteiger charge is -2.45. The van der Waals surface area contributed by atoms with E-state index in [1.807, 2.05) is 18.5 Å². The molecule has 5 heterocycles. The molecule has 1 aliphatic carbocycles. The van der Waals surface area contributed by atoms with Gasteiger partial charge in [-0.2, -0.15) is 4.98 Å². The molecule has 0 radical (unpaired) electrons. The second-order valence-electron chi connectivity index (χ2n) is 8.88. The van der Waals surface area contributed by atoms with Crippen molar-refractivity contribution in [2.45, 2.75) is 37.7 Å². The Morgan fingerprint density at radius 3 is 2.56 bits per heavy atom. The average Bonchev–Trinajstić information content (AvgIpc) is 3.22. The molecule has 1 saturated carbocycles. The van der Waals surface area contributed by atoms with E-state index < -0.39 is 0 Å². The van der Waals surface area contributed by atoms with Crippen molar-refractivity contribution in [3.05, 3.63) is 36.4 Å². The first-order valence-corrected chi connectivity index (χ1v) is 11.9. The van der Waals surface area contributed by atoms with Crippen molar-refractivity contribution in [3.63, 3.8) is 0 Å². The zero-order valence-corrected chi connectivity index (χ0v) is 18.5. The fourth-order valence-corrected chi connectivity index (χ4v) is 5.15. The van der Waals surface area contributed by atoms with Crippen molar-refractivity contribution in [2.75, 3.05) is 31.6 Å². The molecular formula is C22H25N7O2S. The maximum atomic E-state index is 6.11. The van der Waals surface area contributed by atoms with Gasteiger partial charge in [0.1, 0.15) is 6.10 Å². The van der Waals surface area contributed by atoms with E-state index in [0.29, 0.717) is 23.3 Å². The molecular weight excluding hydrogens is 426 g/mol. The topological polar surface area (TPSA) is 107 Å². The summed E-state index contributed by atoms with van der Waals surface area (Å²) in [5.41, 5.74) is 2.37. The molecule has 1 spiro atoms. The smallest absolute Gasteiger partial charge is 0.317 e.